The van der Waals surface area contributed by atoms with Gasteiger partial charge in [-0.1, -0.05) is 6.92 Å². The van der Waals surface area contributed by atoms with Gasteiger partial charge in [-0.15, -0.1) is 0 Å². The van der Waals surface area contributed by atoms with Crippen molar-refractivity contribution in [2.75, 3.05) is 18.6 Å². The van der Waals surface area contributed by atoms with Crippen molar-refractivity contribution in [3.63, 3.8) is 0 Å². The van der Waals surface area contributed by atoms with Crippen LogP contribution in [-0.2, 0) is 22.9 Å². The fourth-order valence-corrected chi connectivity index (χ4v) is 1.74. The SMILES string of the molecule is CCNCc1cncn1CCS(C)(=O)=O. The van der Waals surface area contributed by atoms with Gasteiger partial charge in [0.15, 0.2) is 0 Å². The second-order valence-electron chi connectivity index (χ2n) is 3.49. The van der Waals surface area contributed by atoms with E-state index in [9.17, 15) is 8.42 Å². The maximum absolute atomic E-state index is 11.0. The van der Waals surface area contributed by atoms with Crippen LogP contribution in [0.5, 0.6) is 0 Å². The first-order chi connectivity index (χ1) is 7.03. The summed E-state index contributed by atoms with van der Waals surface area (Å²) in [6.07, 6.45) is 4.66. The average molecular weight is 231 g/mol. The molecule has 0 amide bonds. The topological polar surface area (TPSA) is 64.0 Å². The van der Waals surface area contributed by atoms with E-state index in [4.69, 9.17) is 0 Å². The molecule has 0 fully saturated rings. The molecule has 86 valence electrons. The van der Waals surface area contributed by atoms with E-state index < -0.39 is 9.84 Å². The maximum atomic E-state index is 11.0. The first-order valence-corrected chi connectivity index (χ1v) is 6.96. The Morgan fingerprint density at radius 1 is 1.53 bits per heavy atom. The van der Waals surface area contributed by atoms with Crippen LogP contribution in [0.25, 0.3) is 0 Å². The third-order valence-corrected chi connectivity index (χ3v) is 2.98. The van der Waals surface area contributed by atoms with Crippen LogP contribution in [0.15, 0.2) is 12.5 Å². The summed E-state index contributed by atoms with van der Waals surface area (Å²) in [4.78, 5) is 4.00. The van der Waals surface area contributed by atoms with Crippen molar-refractivity contribution in [2.45, 2.75) is 20.0 Å². The van der Waals surface area contributed by atoms with Gasteiger partial charge in [0.2, 0.25) is 0 Å². The second kappa shape index (κ2) is 5.27. The van der Waals surface area contributed by atoms with Gasteiger partial charge in [-0.05, 0) is 6.54 Å². The first kappa shape index (κ1) is 12.2. The molecule has 0 aliphatic carbocycles. The minimum absolute atomic E-state index is 0.155. The molecule has 15 heavy (non-hydrogen) atoms. The van der Waals surface area contributed by atoms with Gasteiger partial charge >= 0.3 is 0 Å². The van der Waals surface area contributed by atoms with E-state index in [0.29, 0.717) is 6.54 Å². The quantitative estimate of drug-likeness (QED) is 0.750. The molecule has 6 heteroatoms. The maximum Gasteiger partial charge on any atom is 0.149 e. The fourth-order valence-electron chi connectivity index (χ4n) is 1.21. The van der Waals surface area contributed by atoms with Gasteiger partial charge in [-0.3, -0.25) is 0 Å². The highest BCUT2D eigenvalue weighted by atomic mass is 32.2. The van der Waals surface area contributed by atoms with Crippen LogP contribution in [0.1, 0.15) is 12.6 Å². The van der Waals surface area contributed by atoms with Gasteiger partial charge in [0.1, 0.15) is 9.84 Å². The molecule has 5 nitrogen and oxygen atoms in total. The molecule has 0 radical (unpaired) electrons. The van der Waals surface area contributed by atoms with Crippen LogP contribution in [-0.4, -0.2) is 36.5 Å². The molecular weight excluding hydrogens is 214 g/mol. The summed E-state index contributed by atoms with van der Waals surface area (Å²) < 4.78 is 23.9. The van der Waals surface area contributed by atoms with Gasteiger partial charge in [0.25, 0.3) is 0 Å². The summed E-state index contributed by atoms with van der Waals surface area (Å²) in [5.74, 6) is 0.155. The fraction of sp³-hybridized carbons (Fsp3) is 0.667. The van der Waals surface area contributed by atoms with E-state index in [2.05, 4.69) is 10.3 Å². The Hall–Kier alpha value is -0.880. The van der Waals surface area contributed by atoms with Crippen LogP contribution >= 0.6 is 0 Å². The molecule has 0 saturated heterocycles. The lowest BCUT2D eigenvalue weighted by molar-refractivity contribution is 0.589. The predicted octanol–water partition coefficient (Wildman–Crippen LogP) is 0.0372. The van der Waals surface area contributed by atoms with Crippen molar-refractivity contribution < 1.29 is 8.42 Å². The lowest BCUT2D eigenvalue weighted by Crippen LogP contribution is -2.17. The van der Waals surface area contributed by atoms with Crippen molar-refractivity contribution in [3.05, 3.63) is 18.2 Å². The molecule has 1 rings (SSSR count). The molecule has 0 bridgehead atoms. The van der Waals surface area contributed by atoms with Crippen molar-refractivity contribution in [1.82, 2.24) is 14.9 Å². The molecule has 0 unspecified atom stereocenters. The summed E-state index contributed by atoms with van der Waals surface area (Å²) in [5.41, 5.74) is 1.01. The third kappa shape index (κ3) is 4.44. The number of nitrogens with one attached hydrogen (secondary N) is 1. The number of hydrogen-bond donors (Lipinski definition) is 1. The number of nitrogens with zero attached hydrogens (tertiary/aromatic N) is 2. The minimum Gasteiger partial charge on any atom is -0.332 e. The predicted molar refractivity (Wildman–Crippen MR) is 59.3 cm³/mol. The van der Waals surface area contributed by atoms with Crippen LogP contribution in [0.2, 0.25) is 0 Å². The van der Waals surface area contributed by atoms with Crippen LogP contribution in [0, 0.1) is 0 Å². The van der Waals surface area contributed by atoms with E-state index in [-0.39, 0.29) is 5.75 Å². The Balaban J connectivity index is 2.57. The molecule has 1 heterocycles. The number of aromatic nitrogens is 2. The van der Waals surface area contributed by atoms with Crippen molar-refractivity contribution >= 4 is 9.84 Å². The van der Waals surface area contributed by atoms with Crippen molar-refractivity contribution in [2.24, 2.45) is 0 Å². The minimum atomic E-state index is -2.91. The number of imidazole rings is 1. The van der Waals surface area contributed by atoms with E-state index in [1.165, 1.54) is 6.26 Å². The highest BCUT2D eigenvalue weighted by molar-refractivity contribution is 7.90. The summed E-state index contributed by atoms with van der Waals surface area (Å²) in [6, 6.07) is 0. The number of sulfone groups is 1. The van der Waals surface area contributed by atoms with Gasteiger partial charge in [-0.2, -0.15) is 0 Å². The van der Waals surface area contributed by atoms with Gasteiger partial charge in [-0.25, -0.2) is 13.4 Å². The molecule has 0 aliphatic rings. The van der Waals surface area contributed by atoms with Gasteiger partial charge in [0.05, 0.1) is 17.8 Å². The summed E-state index contributed by atoms with van der Waals surface area (Å²) in [5, 5.41) is 3.18. The smallest absolute Gasteiger partial charge is 0.149 e. The van der Waals surface area contributed by atoms with Gasteiger partial charge in [0, 0.05) is 25.5 Å². The summed E-state index contributed by atoms with van der Waals surface area (Å²) in [7, 11) is -2.91. The Bertz CT molecular complexity index is 397. The lowest BCUT2D eigenvalue weighted by Gasteiger charge is -2.07. The molecule has 0 aliphatic heterocycles. The number of hydrogen-bond acceptors (Lipinski definition) is 4. The zero-order valence-electron chi connectivity index (χ0n) is 9.10. The average Bonchev–Trinajstić information content (AvgIpc) is 2.57. The molecule has 0 atom stereocenters. The normalized spacial score (nSPS) is 11.9. The lowest BCUT2D eigenvalue weighted by atomic mass is 10.4. The molecule has 0 saturated carbocycles. The standard InChI is InChI=1S/C9H17N3O2S/c1-3-10-6-9-7-11-8-12(9)4-5-15(2,13)14/h7-8,10H,3-6H2,1-2H3. The molecule has 1 N–H and O–H groups in total. The van der Waals surface area contributed by atoms with Gasteiger partial charge < -0.3 is 9.88 Å². The summed E-state index contributed by atoms with van der Waals surface area (Å²) in [6.45, 7) is 4.11. The van der Waals surface area contributed by atoms with Crippen molar-refractivity contribution in [3.8, 4) is 0 Å². The van der Waals surface area contributed by atoms with E-state index >= 15 is 0 Å². The van der Waals surface area contributed by atoms with Crippen LogP contribution in [0.4, 0.5) is 0 Å². The number of aryl methyl sites for hydroxylation is 1. The third-order valence-electron chi connectivity index (χ3n) is 2.06. The van der Waals surface area contributed by atoms with Crippen LogP contribution < -0.4 is 5.32 Å². The van der Waals surface area contributed by atoms with Crippen molar-refractivity contribution in [1.29, 1.82) is 0 Å². The highest BCUT2D eigenvalue weighted by Gasteiger charge is 2.05. The molecule has 1 aromatic rings. The van der Waals surface area contributed by atoms with E-state index in [1.54, 1.807) is 12.5 Å². The largest absolute Gasteiger partial charge is 0.332 e. The Morgan fingerprint density at radius 3 is 2.87 bits per heavy atom. The summed E-state index contributed by atoms with van der Waals surface area (Å²) >= 11 is 0. The van der Waals surface area contributed by atoms with E-state index in [1.807, 2.05) is 11.5 Å². The Morgan fingerprint density at radius 2 is 2.27 bits per heavy atom. The highest BCUT2D eigenvalue weighted by Crippen LogP contribution is 1.99. The van der Waals surface area contributed by atoms with E-state index in [0.717, 1.165) is 18.8 Å². The molecule has 0 aromatic carbocycles. The zero-order chi connectivity index (χ0) is 11.3. The Kier molecular flexibility index (Phi) is 4.28. The number of rotatable bonds is 6. The Labute approximate surface area is 90.4 Å². The zero-order valence-corrected chi connectivity index (χ0v) is 9.92. The monoisotopic (exact) mass is 231 g/mol. The molecular formula is C9H17N3O2S. The molecule has 1 aromatic heterocycles. The van der Waals surface area contributed by atoms with Crippen LogP contribution in [0.3, 0.4) is 0 Å². The second-order valence-corrected chi connectivity index (χ2v) is 5.75. The first-order valence-electron chi connectivity index (χ1n) is 4.90. The molecule has 0 spiro atoms.